The maximum Gasteiger partial charge on any atom is 0.221 e. The molecular weight excluding hydrogens is 192 g/mol. The van der Waals surface area contributed by atoms with E-state index in [1.165, 1.54) is 0 Å². The van der Waals surface area contributed by atoms with Crippen molar-refractivity contribution in [2.45, 2.75) is 12.5 Å². The van der Waals surface area contributed by atoms with Gasteiger partial charge in [0.25, 0.3) is 0 Å². The van der Waals surface area contributed by atoms with E-state index in [0.29, 0.717) is 13.0 Å². The second-order valence-corrected chi connectivity index (χ2v) is 4.05. The van der Waals surface area contributed by atoms with Crippen LogP contribution >= 0.6 is 0 Å². The summed E-state index contributed by atoms with van der Waals surface area (Å²) in [5, 5.41) is 2.62. The van der Waals surface area contributed by atoms with Gasteiger partial charge in [-0.2, -0.15) is 0 Å². The highest BCUT2D eigenvalue weighted by molar-refractivity contribution is 5.76. The standard InChI is InChI=1S/C10H24N4O/c1-12-10(15)7-9(8-11)14(4)6-5-13(2)3/h9H,5-8,11H2,1-4H3,(H,12,15). The first kappa shape index (κ1) is 14.3. The van der Waals surface area contributed by atoms with Gasteiger partial charge in [-0.3, -0.25) is 4.79 Å². The number of carbonyl (C=O) groups excluding carboxylic acids is 1. The molecule has 0 heterocycles. The summed E-state index contributed by atoms with van der Waals surface area (Å²) < 4.78 is 0. The van der Waals surface area contributed by atoms with Crippen molar-refractivity contribution in [2.24, 2.45) is 5.73 Å². The lowest BCUT2D eigenvalue weighted by Gasteiger charge is -2.27. The highest BCUT2D eigenvalue weighted by Crippen LogP contribution is 2.00. The van der Waals surface area contributed by atoms with Crippen LogP contribution in [-0.2, 0) is 4.79 Å². The molecule has 0 rings (SSSR count). The maximum absolute atomic E-state index is 11.2. The quantitative estimate of drug-likeness (QED) is 0.570. The summed E-state index contributed by atoms with van der Waals surface area (Å²) in [6.07, 6.45) is 0.469. The molecule has 0 radical (unpaired) electrons. The van der Waals surface area contributed by atoms with Gasteiger partial charge in [-0.1, -0.05) is 0 Å². The first-order valence-corrected chi connectivity index (χ1v) is 5.26. The molecule has 0 aromatic rings. The number of nitrogens with one attached hydrogen (secondary N) is 1. The van der Waals surface area contributed by atoms with E-state index in [-0.39, 0.29) is 11.9 Å². The molecule has 0 saturated heterocycles. The fourth-order valence-corrected chi connectivity index (χ4v) is 1.28. The monoisotopic (exact) mass is 216 g/mol. The minimum atomic E-state index is 0.0437. The molecule has 0 aromatic carbocycles. The van der Waals surface area contributed by atoms with Crippen molar-refractivity contribution in [1.82, 2.24) is 15.1 Å². The Kier molecular flexibility index (Phi) is 7.29. The van der Waals surface area contributed by atoms with Crippen LogP contribution in [0.2, 0.25) is 0 Å². The lowest BCUT2D eigenvalue weighted by molar-refractivity contribution is -0.121. The van der Waals surface area contributed by atoms with Crippen molar-refractivity contribution >= 4 is 5.91 Å². The second-order valence-electron chi connectivity index (χ2n) is 4.05. The van der Waals surface area contributed by atoms with E-state index in [1.807, 2.05) is 21.1 Å². The summed E-state index contributed by atoms with van der Waals surface area (Å²) in [5.74, 6) is 0.0437. The Labute approximate surface area is 92.6 Å². The number of rotatable bonds is 7. The molecule has 3 N–H and O–H groups in total. The number of nitrogens with zero attached hydrogens (tertiary/aromatic N) is 2. The Balaban J connectivity index is 3.98. The van der Waals surface area contributed by atoms with Crippen LogP contribution in [0.5, 0.6) is 0 Å². The zero-order chi connectivity index (χ0) is 11.8. The fraction of sp³-hybridized carbons (Fsp3) is 0.900. The number of hydrogen-bond acceptors (Lipinski definition) is 4. The van der Waals surface area contributed by atoms with E-state index >= 15 is 0 Å². The Morgan fingerprint density at radius 3 is 2.33 bits per heavy atom. The van der Waals surface area contributed by atoms with Gasteiger partial charge in [0.15, 0.2) is 0 Å². The first-order valence-electron chi connectivity index (χ1n) is 5.26. The Morgan fingerprint density at radius 2 is 1.93 bits per heavy atom. The fourth-order valence-electron chi connectivity index (χ4n) is 1.28. The number of likely N-dealkylation sites (N-methyl/N-ethyl adjacent to an activating group) is 2. The van der Waals surface area contributed by atoms with Gasteiger partial charge in [0.2, 0.25) is 5.91 Å². The lowest BCUT2D eigenvalue weighted by atomic mass is 10.1. The number of hydrogen-bond donors (Lipinski definition) is 2. The molecule has 5 nitrogen and oxygen atoms in total. The summed E-state index contributed by atoms with van der Waals surface area (Å²) in [5.41, 5.74) is 5.65. The molecule has 0 bridgehead atoms. The van der Waals surface area contributed by atoms with E-state index in [9.17, 15) is 4.79 Å². The van der Waals surface area contributed by atoms with Crippen LogP contribution in [0.25, 0.3) is 0 Å². The second kappa shape index (κ2) is 7.62. The summed E-state index contributed by atoms with van der Waals surface area (Å²) in [6, 6.07) is 0.130. The predicted octanol–water partition coefficient (Wildman–Crippen LogP) is -1.06. The summed E-state index contributed by atoms with van der Waals surface area (Å²) >= 11 is 0. The number of amides is 1. The van der Waals surface area contributed by atoms with Gasteiger partial charge in [0.1, 0.15) is 0 Å². The Hall–Kier alpha value is -0.650. The van der Waals surface area contributed by atoms with Crippen LogP contribution in [0.4, 0.5) is 0 Å². The van der Waals surface area contributed by atoms with Crippen LogP contribution in [0.1, 0.15) is 6.42 Å². The van der Waals surface area contributed by atoms with E-state index in [2.05, 4.69) is 15.1 Å². The average molecular weight is 216 g/mol. The molecule has 0 saturated carbocycles. The van der Waals surface area contributed by atoms with Gasteiger partial charge in [-0.15, -0.1) is 0 Å². The van der Waals surface area contributed by atoms with Gasteiger partial charge >= 0.3 is 0 Å². The topological polar surface area (TPSA) is 61.6 Å². The smallest absolute Gasteiger partial charge is 0.221 e. The highest BCUT2D eigenvalue weighted by Gasteiger charge is 2.16. The lowest BCUT2D eigenvalue weighted by Crippen LogP contribution is -2.43. The summed E-state index contributed by atoms with van der Waals surface area (Å²) in [7, 11) is 7.72. The Bertz CT molecular complexity index is 184. The molecule has 1 unspecified atom stereocenters. The third-order valence-electron chi connectivity index (χ3n) is 2.50. The average Bonchev–Trinajstić information content (AvgIpc) is 2.21. The summed E-state index contributed by atoms with van der Waals surface area (Å²) in [4.78, 5) is 15.5. The van der Waals surface area contributed by atoms with Crippen LogP contribution in [-0.4, -0.2) is 69.6 Å². The largest absolute Gasteiger partial charge is 0.359 e. The van der Waals surface area contributed by atoms with Crippen molar-refractivity contribution in [2.75, 3.05) is 47.8 Å². The van der Waals surface area contributed by atoms with Crippen molar-refractivity contribution in [3.05, 3.63) is 0 Å². The third-order valence-corrected chi connectivity index (χ3v) is 2.50. The molecular formula is C10H24N4O. The highest BCUT2D eigenvalue weighted by atomic mass is 16.1. The Morgan fingerprint density at radius 1 is 1.33 bits per heavy atom. The third kappa shape index (κ3) is 6.43. The van der Waals surface area contributed by atoms with Gasteiger partial charge in [0.05, 0.1) is 0 Å². The van der Waals surface area contributed by atoms with Crippen LogP contribution in [0.15, 0.2) is 0 Å². The van der Waals surface area contributed by atoms with E-state index in [4.69, 9.17) is 5.73 Å². The molecule has 0 aliphatic rings. The van der Waals surface area contributed by atoms with E-state index < -0.39 is 0 Å². The molecule has 0 spiro atoms. The normalized spacial score (nSPS) is 13.3. The molecule has 15 heavy (non-hydrogen) atoms. The van der Waals surface area contributed by atoms with Crippen LogP contribution < -0.4 is 11.1 Å². The van der Waals surface area contributed by atoms with Crippen molar-refractivity contribution < 1.29 is 4.79 Å². The molecule has 1 amide bonds. The maximum atomic E-state index is 11.2. The van der Waals surface area contributed by atoms with Gasteiger partial charge in [-0.05, 0) is 21.1 Å². The molecule has 90 valence electrons. The zero-order valence-electron chi connectivity index (χ0n) is 10.3. The van der Waals surface area contributed by atoms with Gasteiger partial charge in [-0.25, -0.2) is 0 Å². The molecule has 0 aliphatic carbocycles. The van der Waals surface area contributed by atoms with Gasteiger partial charge in [0, 0.05) is 39.1 Å². The van der Waals surface area contributed by atoms with Crippen LogP contribution in [0, 0.1) is 0 Å². The van der Waals surface area contributed by atoms with Crippen LogP contribution in [0.3, 0.4) is 0 Å². The van der Waals surface area contributed by atoms with Crippen molar-refractivity contribution in [1.29, 1.82) is 0 Å². The molecule has 1 atom stereocenters. The molecule has 0 aromatic heterocycles. The zero-order valence-corrected chi connectivity index (χ0v) is 10.3. The number of nitrogens with two attached hydrogens (primary N) is 1. The number of carbonyl (C=O) groups is 1. The molecule has 0 aliphatic heterocycles. The molecule has 5 heteroatoms. The SMILES string of the molecule is CNC(=O)CC(CN)N(C)CCN(C)C. The minimum Gasteiger partial charge on any atom is -0.359 e. The summed E-state index contributed by atoms with van der Waals surface area (Å²) in [6.45, 7) is 2.41. The van der Waals surface area contributed by atoms with E-state index in [0.717, 1.165) is 13.1 Å². The first-order chi connectivity index (χ1) is 7.01. The van der Waals surface area contributed by atoms with Gasteiger partial charge < -0.3 is 20.9 Å². The van der Waals surface area contributed by atoms with Crippen molar-refractivity contribution in [3.8, 4) is 0 Å². The van der Waals surface area contributed by atoms with Crippen molar-refractivity contribution in [3.63, 3.8) is 0 Å². The van der Waals surface area contributed by atoms with E-state index in [1.54, 1.807) is 7.05 Å². The minimum absolute atomic E-state index is 0.0437. The molecule has 0 fully saturated rings. The predicted molar refractivity (Wildman–Crippen MR) is 62.7 cm³/mol.